The highest BCUT2D eigenvalue weighted by molar-refractivity contribution is 5.69. The van der Waals surface area contributed by atoms with Crippen LogP contribution in [0.25, 0.3) is 6.08 Å². The van der Waals surface area contributed by atoms with Gasteiger partial charge in [-0.1, -0.05) is 48.6 Å². The van der Waals surface area contributed by atoms with Gasteiger partial charge < -0.3 is 5.32 Å². The molecule has 1 N–H and O–H groups in total. The maximum atomic E-state index is 3.53. The fourth-order valence-electron chi connectivity index (χ4n) is 2.04. The Morgan fingerprint density at radius 3 is 3.07 bits per heavy atom. The Kier molecular flexibility index (Phi) is 1.95. The Hall–Kier alpha value is -1.76. The average Bonchev–Trinajstić information content (AvgIpc) is 2.48. The zero-order valence-electron chi connectivity index (χ0n) is 8.35. The summed E-state index contributed by atoms with van der Waals surface area (Å²) in [7, 11) is 0. The van der Waals surface area contributed by atoms with E-state index in [0.29, 0.717) is 12.0 Å². The van der Waals surface area contributed by atoms with Gasteiger partial charge in [-0.25, -0.2) is 0 Å². The topological polar surface area (TPSA) is 12.0 Å². The average molecular weight is 194 g/mol. The monoisotopic (exact) mass is 194 g/mol. The van der Waals surface area contributed by atoms with E-state index in [1.54, 1.807) is 0 Å². The van der Waals surface area contributed by atoms with Gasteiger partial charge in [0.25, 0.3) is 0 Å². The zero-order valence-corrected chi connectivity index (χ0v) is 8.35. The first kappa shape index (κ1) is 8.54. The molecule has 1 nitrogen and oxygen atoms in total. The summed E-state index contributed by atoms with van der Waals surface area (Å²) < 4.78 is 0. The number of nitrogens with one attached hydrogen (secondary N) is 1. The van der Waals surface area contributed by atoms with Gasteiger partial charge in [0, 0.05) is 11.6 Å². The largest absolute Gasteiger partial charge is 0.377 e. The van der Waals surface area contributed by atoms with Crippen LogP contribution in [-0.4, -0.2) is 6.04 Å². The van der Waals surface area contributed by atoms with Crippen molar-refractivity contribution in [1.29, 1.82) is 0 Å². The lowest BCUT2D eigenvalue weighted by Crippen LogP contribution is -2.25. The molecule has 1 aromatic rings. The smallest absolute Gasteiger partial charge is 0.0551 e. The van der Waals surface area contributed by atoms with Crippen molar-refractivity contribution in [3.8, 4) is 0 Å². The number of fused-ring (bicyclic) bond motifs is 2. The molecular formula is C14H12N. The summed E-state index contributed by atoms with van der Waals surface area (Å²) in [5, 5.41) is 3.53. The first-order valence-electron chi connectivity index (χ1n) is 5.23. The molecule has 73 valence electrons. The Morgan fingerprint density at radius 1 is 1.13 bits per heavy atom. The molecule has 2 atom stereocenters. The Bertz CT molecular complexity index is 454. The van der Waals surface area contributed by atoms with Crippen LogP contribution in [0, 0.1) is 12.0 Å². The summed E-state index contributed by atoms with van der Waals surface area (Å²) >= 11 is 0. The number of rotatable bonds is 0. The maximum Gasteiger partial charge on any atom is 0.0551 e. The summed E-state index contributed by atoms with van der Waals surface area (Å²) in [4.78, 5) is 0. The molecule has 1 aromatic carbocycles. The van der Waals surface area contributed by atoms with E-state index in [4.69, 9.17) is 0 Å². The summed E-state index contributed by atoms with van der Waals surface area (Å²) in [6.45, 7) is 0. The van der Waals surface area contributed by atoms with Gasteiger partial charge >= 0.3 is 0 Å². The number of hydrogen-bond donors (Lipinski definition) is 1. The lowest BCUT2D eigenvalue weighted by atomic mass is 9.95. The van der Waals surface area contributed by atoms with E-state index in [2.05, 4.69) is 60.0 Å². The number of allylic oxidation sites excluding steroid dienone is 2. The van der Waals surface area contributed by atoms with Gasteiger partial charge in [-0.05, 0) is 17.7 Å². The van der Waals surface area contributed by atoms with Gasteiger partial charge in [0.1, 0.15) is 0 Å². The van der Waals surface area contributed by atoms with E-state index < -0.39 is 0 Å². The van der Waals surface area contributed by atoms with E-state index in [0.717, 1.165) is 0 Å². The van der Waals surface area contributed by atoms with Gasteiger partial charge in [0.05, 0.1) is 6.04 Å². The van der Waals surface area contributed by atoms with Gasteiger partial charge in [-0.15, -0.1) is 0 Å². The molecule has 0 aromatic heterocycles. The minimum absolute atomic E-state index is 0.342. The molecule has 1 radical (unpaired) electrons. The van der Waals surface area contributed by atoms with Gasteiger partial charge in [0.15, 0.2) is 0 Å². The van der Waals surface area contributed by atoms with Crippen molar-refractivity contribution in [2.75, 3.05) is 5.32 Å². The highest BCUT2D eigenvalue weighted by atomic mass is 14.9. The fraction of sp³-hybridized carbons (Fsp3) is 0.143. The van der Waals surface area contributed by atoms with E-state index >= 15 is 0 Å². The third kappa shape index (κ3) is 1.50. The standard InChI is InChI=1S/C14H12N/c1-3-7-13-11(5-1)9-10-12-6-2-4-8-14(12)15-13/h1-5,7-10,12,14-15H. The van der Waals surface area contributed by atoms with Crippen LogP contribution in [0.1, 0.15) is 5.56 Å². The lowest BCUT2D eigenvalue weighted by Gasteiger charge is -2.21. The van der Waals surface area contributed by atoms with Crippen LogP contribution in [0.5, 0.6) is 0 Å². The molecule has 1 aliphatic carbocycles. The second kappa shape index (κ2) is 3.43. The molecular weight excluding hydrogens is 182 g/mol. The molecule has 0 amide bonds. The number of anilines is 1. The van der Waals surface area contributed by atoms with Crippen molar-refractivity contribution in [3.63, 3.8) is 0 Å². The van der Waals surface area contributed by atoms with E-state index in [9.17, 15) is 0 Å². The van der Waals surface area contributed by atoms with Crippen molar-refractivity contribution >= 4 is 11.8 Å². The van der Waals surface area contributed by atoms with Crippen molar-refractivity contribution in [1.82, 2.24) is 0 Å². The Balaban J connectivity index is 2.04. The number of para-hydroxylation sites is 1. The van der Waals surface area contributed by atoms with Crippen molar-refractivity contribution in [3.05, 3.63) is 60.2 Å². The summed E-state index contributed by atoms with van der Waals surface area (Å²) in [5.41, 5.74) is 2.46. The first-order chi connectivity index (χ1) is 7.43. The molecule has 0 saturated carbocycles. The molecule has 0 fully saturated rings. The third-order valence-electron chi connectivity index (χ3n) is 2.86. The predicted molar refractivity (Wildman–Crippen MR) is 63.3 cm³/mol. The third-order valence-corrected chi connectivity index (χ3v) is 2.86. The highest BCUT2D eigenvalue weighted by Gasteiger charge is 2.19. The molecule has 2 unspecified atom stereocenters. The van der Waals surface area contributed by atoms with Crippen molar-refractivity contribution in [2.24, 2.45) is 5.92 Å². The normalized spacial score (nSPS) is 26.4. The van der Waals surface area contributed by atoms with E-state index in [-0.39, 0.29) is 0 Å². The molecule has 0 spiro atoms. The molecule has 3 rings (SSSR count). The fourth-order valence-corrected chi connectivity index (χ4v) is 2.04. The minimum atomic E-state index is 0.342. The molecule has 15 heavy (non-hydrogen) atoms. The molecule has 1 aliphatic heterocycles. The van der Waals surface area contributed by atoms with Crippen LogP contribution >= 0.6 is 0 Å². The van der Waals surface area contributed by atoms with E-state index in [1.165, 1.54) is 11.3 Å². The van der Waals surface area contributed by atoms with E-state index in [1.807, 2.05) is 6.08 Å². The zero-order chi connectivity index (χ0) is 10.1. The predicted octanol–water partition coefficient (Wildman–Crippen LogP) is 3.04. The molecule has 0 bridgehead atoms. The van der Waals surface area contributed by atoms with Gasteiger partial charge in [0.2, 0.25) is 0 Å². The summed E-state index contributed by atoms with van der Waals surface area (Å²) in [5.74, 6) is 0.349. The molecule has 1 heterocycles. The molecule has 1 heteroatoms. The van der Waals surface area contributed by atoms with Crippen LogP contribution in [0.3, 0.4) is 0 Å². The minimum Gasteiger partial charge on any atom is -0.377 e. The van der Waals surface area contributed by atoms with Crippen LogP contribution in [0.2, 0.25) is 0 Å². The highest BCUT2D eigenvalue weighted by Crippen LogP contribution is 2.27. The quantitative estimate of drug-likeness (QED) is 0.669. The maximum absolute atomic E-state index is 3.53. The second-order valence-corrected chi connectivity index (χ2v) is 3.86. The molecule has 0 saturated heterocycles. The van der Waals surface area contributed by atoms with Crippen LogP contribution < -0.4 is 5.32 Å². The van der Waals surface area contributed by atoms with Crippen LogP contribution in [0.15, 0.2) is 48.6 Å². The van der Waals surface area contributed by atoms with Crippen LogP contribution in [-0.2, 0) is 0 Å². The summed E-state index contributed by atoms with van der Waals surface area (Å²) in [6.07, 6.45) is 13.9. The number of hydrogen-bond acceptors (Lipinski definition) is 1. The Labute approximate surface area is 89.8 Å². The Morgan fingerprint density at radius 2 is 2.07 bits per heavy atom. The lowest BCUT2D eigenvalue weighted by molar-refractivity contribution is 0.714. The van der Waals surface area contributed by atoms with Crippen LogP contribution in [0.4, 0.5) is 5.69 Å². The van der Waals surface area contributed by atoms with Crippen molar-refractivity contribution in [2.45, 2.75) is 6.04 Å². The van der Waals surface area contributed by atoms with Gasteiger partial charge in [-0.3, -0.25) is 0 Å². The number of benzene rings is 1. The van der Waals surface area contributed by atoms with Crippen molar-refractivity contribution < 1.29 is 0 Å². The molecule has 2 aliphatic rings. The first-order valence-corrected chi connectivity index (χ1v) is 5.23. The summed E-state index contributed by atoms with van der Waals surface area (Å²) in [6, 6.07) is 8.72. The SMILES string of the molecule is [C]1=CC=CC2Nc3ccccc3C=CC12. The second-order valence-electron chi connectivity index (χ2n) is 3.86. The van der Waals surface area contributed by atoms with Gasteiger partial charge in [-0.2, -0.15) is 0 Å².